The maximum Gasteiger partial charge on any atom is 0.264 e. The monoisotopic (exact) mass is 552 g/mol. The van der Waals surface area contributed by atoms with E-state index in [2.05, 4.69) is 5.32 Å². The highest BCUT2D eigenvalue weighted by Crippen LogP contribution is 2.39. The van der Waals surface area contributed by atoms with E-state index in [-0.39, 0.29) is 36.0 Å². The summed E-state index contributed by atoms with van der Waals surface area (Å²) >= 11 is 6.16. The quantitative estimate of drug-likeness (QED) is 0.320. The first-order valence-corrected chi connectivity index (χ1v) is 13.7. The third-order valence-electron chi connectivity index (χ3n) is 6.12. The standard InChI is InChI=1S/C28H25ClN2O6S/c1-35-22-9-11-24(12-10-22)38(33,34)31-18-27(37-26-13-7-21(29)17-25(26)31)28(32)30-14-15-36-23-8-6-19-4-2-3-5-20(19)16-23/h2-13,16-17,27H,14-15,18H2,1H3,(H,30,32). The van der Waals surface area contributed by atoms with Crippen molar-refractivity contribution >= 4 is 44.0 Å². The lowest BCUT2D eigenvalue weighted by Crippen LogP contribution is -2.51. The largest absolute Gasteiger partial charge is 0.497 e. The fourth-order valence-corrected chi connectivity index (χ4v) is 5.81. The van der Waals surface area contributed by atoms with Crippen LogP contribution in [0.25, 0.3) is 10.8 Å². The van der Waals surface area contributed by atoms with Crippen LogP contribution in [0.15, 0.2) is 89.8 Å². The van der Waals surface area contributed by atoms with Crippen LogP contribution >= 0.6 is 11.6 Å². The first-order chi connectivity index (χ1) is 18.3. The van der Waals surface area contributed by atoms with Crippen molar-refractivity contribution < 1.29 is 27.4 Å². The summed E-state index contributed by atoms with van der Waals surface area (Å²) in [5.41, 5.74) is 0.261. The Hall–Kier alpha value is -3.95. The number of nitrogens with zero attached hydrogens (tertiary/aromatic N) is 1. The molecule has 1 amide bonds. The first kappa shape index (κ1) is 25.7. The van der Waals surface area contributed by atoms with Crippen molar-refractivity contribution in [2.75, 3.05) is 31.1 Å². The predicted molar refractivity (Wildman–Crippen MR) is 146 cm³/mol. The Balaban J connectivity index is 1.28. The van der Waals surface area contributed by atoms with Gasteiger partial charge in [0.1, 0.15) is 23.9 Å². The summed E-state index contributed by atoms with van der Waals surface area (Å²) in [7, 11) is -2.53. The van der Waals surface area contributed by atoms with E-state index in [9.17, 15) is 13.2 Å². The Bertz CT molecular complexity index is 1580. The van der Waals surface area contributed by atoms with E-state index in [1.165, 1.54) is 25.3 Å². The first-order valence-electron chi connectivity index (χ1n) is 11.9. The Morgan fingerprint density at radius 3 is 2.50 bits per heavy atom. The summed E-state index contributed by atoms with van der Waals surface area (Å²) in [6, 6.07) is 24.4. The average Bonchev–Trinajstić information content (AvgIpc) is 2.94. The molecular weight excluding hydrogens is 528 g/mol. The summed E-state index contributed by atoms with van der Waals surface area (Å²) in [5, 5.41) is 5.29. The molecule has 0 radical (unpaired) electrons. The number of anilines is 1. The highest BCUT2D eigenvalue weighted by molar-refractivity contribution is 7.92. The van der Waals surface area contributed by atoms with Gasteiger partial charge in [-0.25, -0.2) is 8.42 Å². The number of methoxy groups -OCH3 is 1. The lowest BCUT2D eigenvalue weighted by atomic mass is 10.1. The van der Waals surface area contributed by atoms with Gasteiger partial charge in [-0.1, -0.05) is 41.9 Å². The van der Waals surface area contributed by atoms with Gasteiger partial charge in [0.2, 0.25) is 0 Å². The molecule has 5 rings (SSSR count). The van der Waals surface area contributed by atoms with Gasteiger partial charge in [0, 0.05) is 5.02 Å². The molecule has 1 N–H and O–H groups in total. The van der Waals surface area contributed by atoms with Crippen molar-refractivity contribution in [2.45, 2.75) is 11.0 Å². The molecule has 10 heteroatoms. The van der Waals surface area contributed by atoms with Crippen LogP contribution in [0.3, 0.4) is 0 Å². The molecule has 0 saturated carbocycles. The molecule has 0 aliphatic carbocycles. The Morgan fingerprint density at radius 2 is 1.74 bits per heavy atom. The van der Waals surface area contributed by atoms with Gasteiger partial charge in [-0.15, -0.1) is 0 Å². The van der Waals surface area contributed by atoms with E-state index in [0.29, 0.717) is 16.5 Å². The number of fused-ring (bicyclic) bond motifs is 2. The number of benzene rings is 4. The molecule has 1 heterocycles. The number of halogens is 1. The van der Waals surface area contributed by atoms with Gasteiger partial charge in [-0.05, 0) is 65.4 Å². The van der Waals surface area contributed by atoms with Crippen LogP contribution in [-0.2, 0) is 14.8 Å². The summed E-state index contributed by atoms with van der Waals surface area (Å²) in [6.45, 7) is 0.222. The van der Waals surface area contributed by atoms with E-state index in [1.807, 2.05) is 42.5 Å². The molecule has 0 bridgehead atoms. The van der Waals surface area contributed by atoms with Gasteiger partial charge in [-0.2, -0.15) is 0 Å². The molecule has 38 heavy (non-hydrogen) atoms. The van der Waals surface area contributed by atoms with Gasteiger partial charge in [-0.3, -0.25) is 9.10 Å². The molecule has 8 nitrogen and oxygen atoms in total. The van der Waals surface area contributed by atoms with Gasteiger partial charge in [0.15, 0.2) is 6.10 Å². The molecular formula is C28H25ClN2O6S. The third-order valence-corrected chi connectivity index (χ3v) is 8.15. The van der Waals surface area contributed by atoms with Gasteiger partial charge in [0.05, 0.1) is 30.8 Å². The maximum atomic E-state index is 13.6. The minimum atomic E-state index is -4.03. The zero-order chi connectivity index (χ0) is 26.7. The second-order valence-corrected chi connectivity index (χ2v) is 10.9. The van der Waals surface area contributed by atoms with Gasteiger partial charge < -0.3 is 19.5 Å². The van der Waals surface area contributed by atoms with Crippen molar-refractivity contribution in [1.82, 2.24) is 5.32 Å². The molecule has 4 aromatic carbocycles. The van der Waals surface area contributed by atoms with E-state index >= 15 is 0 Å². The molecule has 1 unspecified atom stereocenters. The number of rotatable bonds is 8. The Kier molecular flexibility index (Phi) is 7.31. The van der Waals surface area contributed by atoms with Crippen LogP contribution in [0.1, 0.15) is 0 Å². The van der Waals surface area contributed by atoms with Crippen molar-refractivity contribution in [3.63, 3.8) is 0 Å². The molecule has 0 aromatic heterocycles. The molecule has 0 spiro atoms. The Morgan fingerprint density at radius 1 is 1.00 bits per heavy atom. The molecule has 0 fully saturated rings. The van der Waals surface area contributed by atoms with Crippen LogP contribution in [0.5, 0.6) is 17.2 Å². The highest BCUT2D eigenvalue weighted by atomic mass is 35.5. The summed E-state index contributed by atoms with van der Waals surface area (Å²) < 4.78 is 45.1. The van der Waals surface area contributed by atoms with Crippen molar-refractivity contribution in [2.24, 2.45) is 0 Å². The van der Waals surface area contributed by atoms with E-state index in [0.717, 1.165) is 15.1 Å². The molecule has 196 valence electrons. The normalized spacial score (nSPS) is 14.9. The second-order valence-electron chi connectivity index (χ2n) is 8.58. The maximum absolute atomic E-state index is 13.6. The van der Waals surface area contributed by atoms with Crippen molar-refractivity contribution in [1.29, 1.82) is 0 Å². The third kappa shape index (κ3) is 5.34. The van der Waals surface area contributed by atoms with Gasteiger partial charge in [0.25, 0.3) is 15.9 Å². The van der Waals surface area contributed by atoms with Crippen LogP contribution < -0.4 is 23.8 Å². The molecule has 1 atom stereocenters. The topological polar surface area (TPSA) is 94.2 Å². The number of carbonyl (C=O) groups excluding carboxylic acids is 1. The average molecular weight is 553 g/mol. The van der Waals surface area contributed by atoms with E-state index in [1.54, 1.807) is 24.3 Å². The highest BCUT2D eigenvalue weighted by Gasteiger charge is 2.37. The number of hydrogen-bond acceptors (Lipinski definition) is 6. The number of carbonyl (C=O) groups is 1. The van der Waals surface area contributed by atoms with Crippen LogP contribution in [0.4, 0.5) is 5.69 Å². The molecule has 0 saturated heterocycles. The summed E-state index contributed by atoms with van der Waals surface area (Å²) in [6.07, 6.45) is -1.07. The van der Waals surface area contributed by atoms with Crippen molar-refractivity contribution in [3.8, 4) is 17.2 Å². The Labute approximate surface area is 225 Å². The lowest BCUT2D eigenvalue weighted by molar-refractivity contribution is -0.127. The van der Waals surface area contributed by atoms with E-state index in [4.69, 9.17) is 25.8 Å². The fraction of sp³-hybridized carbons (Fsp3) is 0.179. The van der Waals surface area contributed by atoms with E-state index < -0.39 is 22.0 Å². The van der Waals surface area contributed by atoms with Gasteiger partial charge >= 0.3 is 0 Å². The molecule has 1 aliphatic heterocycles. The zero-order valence-electron chi connectivity index (χ0n) is 20.5. The fourth-order valence-electron chi connectivity index (χ4n) is 4.18. The SMILES string of the molecule is COc1ccc(S(=O)(=O)N2CC(C(=O)NCCOc3ccc4ccccc4c3)Oc3ccc(Cl)cc32)cc1. The van der Waals surface area contributed by atoms with Crippen LogP contribution in [0, 0.1) is 0 Å². The van der Waals surface area contributed by atoms with Crippen molar-refractivity contribution in [3.05, 3.63) is 90.0 Å². The number of amides is 1. The lowest BCUT2D eigenvalue weighted by Gasteiger charge is -2.34. The molecule has 4 aromatic rings. The molecule has 1 aliphatic rings. The number of nitrogens with one attached hydrogen (secondary N) is 1. The number of hydrogen-bond donors (Lipinski definition) is 1. The van der Waals surface area contributed by atoms with Crippen LogP contribution in [-0.4, -0.2) is 47.2 Å². The minimum Gasteiger partial charge on any atom is -0.497 e. The minimum absolute atomic E-state index is 0.0501. The zero-order valence-corrected chi connectivity index (χ0v) is 22.0. The number of sulfonamides is 1. The second kappa shape index (κ2) is 10.8. The smallest absolute Gasteiger partial charge is 0.264 e. The number of ether oxygens (including phenoxy) is 3. The summed E-state index contributed by atoms with van der Waals surface area (Å²) in [5.74, 6) is 1.000. The predicted octanol–water partition coefficient (Wildman–Crippen LogP) is 4.65. The van der Waals surface area contributed by atoms with Crippen LogP contribution in [0.2, 0.25) is 5.02 Å². The summed E-state index contributed by atoms with van der Waals surface area (Å²) in [4.78, 5) is 13.0.